The van der Waals surface area contributed by atoms with Gasteiger partial charge < -0.3 is 9.47 Å². The second-order valence-corrected chi connectivity index (χ2v) is 4.16. The van der Waals surface area contributed by atoms with E-state index in [0.29, 0.717) is 13.0 Å². The lowest BCUT2D eigenvalue weighted by molar-refractivity contribution is -0.122. The Labute approximate surface area is 118 Å². The molecule has 0 heterocycles. The van der Waals surface area contributed by atoms with E-state index in [-0.39, 0.29) is 18.9 Å². The molecule has 0 unspecified atom stereocenters. The lowest BCUT2D eigenvalue weighted by atomic mass is 10.2. The smallest absolute Gasteiger partial charge is 0.426 e. The topological polar surface area (TPSA) is 76.7 Å². The Balaban J connectivity index is 2.11. The molecule has 1 aromatic carbocycles. The summed E-state index contributed by atoms with van der Waals surface area (Å²) in [4.78, 5) is 22.3. The van der Waals surface area contributed by atoms with Crippen LogP contribution in [0.4, 0.5) is 4.79 Å². The molecule has 0 aliphatic carbocycles. The van der Waals surface area contributed by atoms with Crippen molar-refractivity contribution in [2.45, 2.75) is 26.7 Å². The third kappa shape index (κ3) is 6.63. The van der Waals surface area contributed by atoms with Gasteiger partial charge in [-0.2, -0.15) is 0 Å². The van der Waals surface area contributed by atoms with Crippen molar-refractivity contribution in [2.24, 2.45) is 0 Å². The minimum atomic E-state index is -0.670. The molecule has 2 amide bonds. The van der Waals surface area contributed by atoms with Gasteiger partial charge >= 0.3 is 6.09 Å². The van der Waals surface area contributed by atoms with Crippen molar-refractivity contribution in [2.75, 3.05) is 13.2 Å². The molecule has 0 bridgehead atoms. The normalized spacial score (nSPS) is 9.70. The molecule has 6 nitrogen and oxygen atoms in total. The van der Waals surface area contributed by atoms with E-state index in [2.05, 4.69) is 15.6 Å². The van der Waals surface area contributed by atoms with Gasteiger partial charge in [0, 0.05) is 6.42 Å². The quantitative estimate of drug-likeness (QED) is 0.616. The average molecular weight is 280 g/mol. The van der Waals surface area contributed by atoms with Crippen LogP contribution in [0.25, 0.3) is 0 Å². The number of amides is 2. The molecule has 0 aliphatic heterocycles. The van der Waals surface area contributed by atoms with Gasteiger partial charge in [0.1, 0.15) is 5.75 Å². The number of hydrogen-bond acceptors (Lipinski definition) is 4. The standard InChI is InChI=1S/C14H20N2O4/c1-3-19-14(18)16-15-13(17)8-5-9-20-12-7-4-6-11(2)10-12/h4,6-7,10H,3,5,8-9H2,1-2H3,(H,15,17)(H,16,18). The Kier molecular flexibility index (Phi) is 6.95. The monoisotopic (exact) mass is 280 g/mol. The maximum absolute atomic E-state index is 11.4. The first-order valence-corrected chi connectivity index (χ1v) is 6.53. The van der Waals surface area contributed by atoms with E-state index in [1.54, 1.807) is 6.92 Å². The highest BCUT2D eigenvalue weighted by molar-refractivity contribution is 5.78. The summed E-state index contributed by atoms with van der Waals surface area (Å²) in [5.74, 6) is 0.501. The van der Waals surface area contributed by atoms with Crippen LogP contribution in [-0.4, -0.2) is 25.2 Å². The molecule has 6 heteroatoms. The zero-order valence-corrected chi connectivity index (χ0v) is 11.8. The van der Waals surface area contributed by atoms with Crippen molar-refractivity contribution < 1.29 is 19.1 Å². The van der Waals surface area contributed by atoms with Crippen molar-refractivity contribution in [3.63, 3.8) is 0 Å². The van der Waals surface area contributed by atoms with E-state index in [9.17, 15) is 9.59 Å². The summed E-state index contributed by atoms with van der Waals surface area (Å²) < 4.78 is 10.1. The molecular weight excluding hydrogens is 260 g/mol. The molecule has 0 radical (unpaired) electrons. The van der Waals surface area contributed by atoms with Crippen LogP contribution in [0.15, 0.2) is 24.3 Å². The number of hydrazine groups is 1. The van der Waals surface area contributed by atoms with Gasteiger partial charge in [0.25, 0.3) is 0 Å². The van der Waals surface area contributed by atoms with Crippen LogP contribution in [0.1, 0.15) is 25.3 Å². The summed E-state index contributed by atoms with van der Waals surface area (Å²) in [6.45, 7) is 4.37. The first-order valence-electron chi connectivity index (χ1n) is 6.53. The first-order chi connectivity index (χ1) is 9.61. The molecule has 0 spiro atoms. The summed E-state index contributed by atoms with van der Waals surface area (Å²) in [5.41, 5.74) is 5.53. The summed E-state index contributed by atoms with van der Waals surface area (Å²) in [6.07, 6.45) is 0.152. The Bertz CT molecular complexity index is 449. The Hall–Kier alpha value is -2.24. The molecule has 20 heavy (non-hydrogen) atoms. The van der Waals surface area contributed by atoms with E-state index < -0.39 is 6.09 Å². The van der Waals surface area contributed by atoms with Crippen LogP contribution < -0.4 is 15.6 Å². The lowest BCUT2D eigenvalue weighted by Crippen LogP contribution is -2.41. The highest BCUT2D eigenvalue weighted by atomic mass is 16.6. The van der Waals surface area contributed by atoms with Crippen LogP contribution in [0, 0.1) is 6.92 Å². The molecule has 0 saturated carbocycles. The molecular formula is C14H20N2O4. The minimum Gasteiger partial charge on any atom is -0.494 e. The molecule has 0 saturated heterocycles. The van der Waals surface area contributed by atoms with Crippen molar-refractivity contribution in [1.29, 1.82) is 0 Å². The van der Waals surface area contributed by atoms with Gasteiger partial charge in [0.2, 0.25) is 5.91 Å². The Morgan fingerprint density at radius 3 is 2.75 bits per heavy atom. The second-order valence-electron chi connectivity index (χ2n) is 4.16. The van der Waals surface area contributed by atoms with Crippen molar-refractivity contribution in [3.05, 3.63) is 29.8 Å². The molecule has 0 aromatic heterocycles. The van der Waals surface area contributed by atoms with Crippen molar-refractivity contribution in [3.8, 4) is 5.75 Å². The van der Waals surface area contributed by atoms with Gasteiger partial charge in [-0.05, 0) is 38.0 Å². The van der Waals surface area contributed by atoms with E-state index in [1.807, 2.05) is 31.2 Å². The predicted molar refractivity (Wildman–Crippen MR) is 74.2 cm³/mol. The number of aryl methyl sites for hydroxylation is 1. The van der Waals surface area contributed by atoms with Gasteiger partial charge in [-0.15, -0.1) is 0 Å². The van der Waals surface area contributed by atoms with Crippen LogP contribution in [0.5, 0.6) is 5.75 Å². The fraction of sp³-hybridized carbons (Fsp3) is 0.429. The zero-order valence-electron chi connectivity index (χ0n) is 11.8. The summed E-state index contributed by atoms with van der Waals surface area (Å²) in [7, 11) is 0. The fourth-order valence-corrected chi connectivity index (χ4v) is 1.48. The first kappa shape index (κ1) is 15.8. The van der Waals surface area contributed by atoms with E-state index in [4.69, 9.17) is 4.74 Å². The van der Waals surface area contributed by atoms with Crippen LogP contribution in [0.3, 0.4) is 0 Å². The van der Waals surface area contributed by atoms with Crippen molar-refractivity contribution >= 4 is 12.0 Å². The third-order valence-corrected chi connectivity index (χ3v) is 2.39. The molecule has 1 rings (SSSR count). The lowest BCUT2D eigenvalue weighted by Gasteiger charge is -2.08. The largest absolute Gasteiger partial charge is 0.494 e. The molecule has 0 fully saturated rings. The van der Waals surface area contributed by atoms with Gasteiger partial charge in [-0.1, -0.05) is 12.1 Å². The number of benzene rings is 1. The number of rotatable bonds is 6. The summed E-state index contributed by atoms with van der Waals surface area (Å²) in [6, 6.07) is 7.71. The zero-order chi connectivity index (χ0) is 14.8. The molecule has 1 aromatic rings. The van der Waals surface area contributed by atoms with Crippen LogP contribution in [0.2, 0.25) is 0 Å². The molecule has 110 valence electrons. The van der Waals surface area contributed by atoms with E-state index >= 15 is 0 Å². The molecule has 0 aliphatic rings. The van der Waals surface area contributed by atoms with Crippen LogP contribution in [-0.2, 0) is 9.53 Å². The van der Waals surface area contributed by atoms with Gasteiger partial charge in [0.15, 0.2) is 0 Å². The number of nitrogens with one attached hydrogen (secondary N) is 2. The maximum atomic E-state index is 11.4. The number of hydrogen-bond donors (Lipinski definition) is 2. The SMILES string of the molecule is CCOC(=O)NNC(=O)CCCOc1cccc(C)c1. The van der Waals surface area contributed by atoms with Crippen LogP contribution >= 0.6 is 0 Å². The van der Waals surface area contributed by atoms with Gasteiger partial charge in [-0.3, -0.25) is 10.2 Å². The summed E-state index contributed by atoms with van der Waals surface area (Å²) >= 11 is 0. The summed E-state index contributed by atoms with van der Waals surface area (Å²) in [5, 5.41) is 0. The molecule has 2 N–H and O–H groups in total. The maximum Gasteiger partial charge on any atom is 0.426 e. The third-order valence-electron chi connectivity index (χ3n) is 2.39. The number of carbonyl (C=O) groups excluding carboxylic acids is 2. The van der Waals surface area contributed by atoms with Crippen molar-refractivity contribution in [1.82, 2.24) is 10.9 Å². The average Bonchev–Trinajstić information content (AvgIpc) is 2.42. The Morgan fingerprint density at radius 2 is 2.05 bits per heavy atom. The van der Waals surface area contributed by atoms with E-state index in [1.165, 1.54) is 0 Å². The van der Waals surface area contributed by atoms with E-state index in [0.717, 1.165) is 11.3 Å². The predicted octanol–water partition coefficient (Wildman–Crippen LogP) is 1.93. The highest BCUT2D eigenvalue weighted by Crippen LogP contribution is 2.12. The number of carbonyl (C=O) groups is 2. The van der Waals surface area contributed by atoms with Gasteiger partial charge in [0.05, 0.1) is 13.2 Å². The Morgan fingerprint density at radius 1 is 1.25 bits per heavy atom. The second kappa shape index (κ2) is 8.79. The highest BCUT2D eigenvalue weighted by Gasteiger charge is 2.04. The number of ether oxygens (including phenoxy) is 2. The van der Waals surface area contributed by atoms with Gasteiger partial charge in [-0.25, -0.2) is 10.2 Å². The fourth-order valence-electron chi connectivity index (χ4n) is 1.48. The molecule has 0 atom stereocenters. The minimum absolute atomic E-state index is 0.256.